The van der Waals surface area contributed by atoms with Gasteiger partial charge in [0.05, 0.1) is 0 Å². The first kappa shape index (κ1) is 14.3. The van der Waals surface area contributed by atoms with Crippen molar-refractivity contribution < 1.29 is 0 Å². The van der Waals surface area contributed by atoms with Crippen LogP contribution in [0.5, 0.6) is 0 Å². The second-order valence-electron chi connectivity index (χ2n) is 3.88. The topological polar surface area (TPSA) is 52.0 Å². The van der Waals surface area contributed by atoms with E-state index in [9.17, 15) is 0 Å². The molecule has 88 valence electrons. The average molecular weight is 212 g/mol. The first-order valence-electron chi connectivity index (χ1n) is 6.01. The highest BCUT2D eigenvalue weighted by Crippen LogP contribution is 2.09. The molecule has 0 atom stereocenters. The van der Waals surface area contributed by atoms with Crippen molar-refractivity contribution in [3.63, 3.8) is 0 Å². The first-order valence-corrected chi connectivity index (χ1v) is 6.01. The summed E-state index contributed by atoms with van der Waals surface area (Å²) < 4.78 is 0. The summed E-state index contributed by atoms with van der Waals surface area (Å²) in [5, 5.41) is 3.55. The van der Waals surface area contributed by atoms with Gasteiger partial charge in [-0.05, 0) is 31.0 Å². The molecule has 0 N–H and O–H groups in total. The van der Waals surface area contributed by atoms with E-state index in [4.69, 9.17) is 5.53 Å². The molecule has 0 bridgehead atoms. The summed E-state index contributed by atoms with van der Waals surface area (Å²) in [7, 11) is 0. The van der Waals surface area contributed by atoms with Gasteiger partial charge in [0.1, 0.15) is 0 Å². The van der Waals surface area contributed by atoms with Gasteiger partial charge in [0.2, 0.25) is 0 Å². The fourth-order valence-corrected chi connectivity index (χ4v) is 1.70. The van der Waals surface area contributed by atoms with Crippen LogP contribution in [0.15, 0.2) is 5.11 Å². The second kappa shape index (κ2) is 9.81. The molecule has 0 aromatic rings. The SMILES string of the molecule is CCC(CC)CN(CC)CCCN=[N+]=[N-]. The molecule has 0 amide bonds. The Morgan fingerprint density at radius 1 is 1.27 bits per heavy atom. The minimum Gasteiger partial charge on any atom is -0.303 e. The van der Waals surface area contributed by atoms with Gasteiger partial charge in [-0.25, -0.2) is 0 Å². The third-order valence-corrected chi connectivity index (χ3v) is 2.91. The maximum atomic E-state index is 8.15. The van der Waals surface area contributed by atoms with Crippen LogP contribution in [0, 0.1) is 5.92 Å². The van der Waals surface area contributed by atoms with E-state index in [0.717, 1.165) is 25.4 Å². The molecule has 0 radical (unpaired) electrons. The van der Waals surface area contributed by atoms with Crippen molar-refractivity contribution >= 4 is 0 Å². The number of hydrogen-bond donors (Lipinski definition) is 0. The molecule has 0 aromatic carbocycles. The van der Waals surface area contributed by atoms with Crippen LogP contribution in [0.4, 0.5) is 0 Å². The number of azide groups is 1. The van der Waals surface area contributed by atoms with Crippen molar-refractivity contribution in [1.29, 1.82) is 0 Å². The second-order valence-corrected chi connectivity index (χ2v) is 3.88. The van der Waals surface area contributed by atoms with E-state index in [1.54, 1.807) is 0 Å². The lowest BCUT2D eigenvalue weighted by atomic mass is 10.0. The van der Waals surface area contributed by atoms with Gasteiger partial charge in [-0.3, -0.25) is 0 Å². The van der Waals surface area contributed by atoms with Crippen LogP contribution in [0.2, 0.25) is 0 Å². The maximum Gasteiger partial charge on any atom is 0.0270 e. The Labute approximate surface area is 93.3 Å². The van der Waals surface area contributed by atoms with Crippen LogP contribution in [-0.4, -0.2) is 31.1 Å². The number of rotatable bonds is 9. The monoisotopic (exact) mass is 212 g/mol. The number of hydrogen-bond acceptors (Lipinski definition) is 2. The van der Waals surface area contributed by atoms with Gasteiger partial charge in [-0.2, -0.15) is 0 Å². The predicted molar refractivity (Wildman–Crippen MR) is 64.8 cm³/mol. The lowest BCUT2D eigenvalue weighted by Crippen LogP contribution is -2.30. The van der Waals surface area contributed by atoms with E-state index in [1.165, 1.54) is 19.4 Å². The molecule has 0 aliphatic carbocycles. The molecular formula is C11H24N4. The molecule has 0 saturated carbocycles. The van der Waals surface area contributed by atoms with E-state index < -0.39 is 0 Å². The van der Waals surface area contributed by atoms with Gasteiger partial charge in [0.25, 0.3) is 0 Å². The Hall–Kier alpha value is -0.730. The minimum absolute atomic E-state index is 0.621. The molecule has 15 heavy (non-hydrogen) atoms. The third kappa shape index (κ3) is 7.23. The summed E-state index contributed by atoms with van der Waals surface area (Å²) in [5.41, 5.74) is 8.15. The lowest BCUT2D eigenvalue weighted by Gasteiger charge is -2.24. The van der Waals surface area contributed by atoms with Gasteiger partial charge in [-0.15, -0.1) is 0 Å². The van der Waals surface area contributed by atoms with Crippen LogP contribution >= 0.6 is 0 Å². The zero-order valence-corrected chi connectivity index (χ0v) is 10.3. The molecule has 4 heteroatoms. The Morgan fingerprint density at radius 3 is 2.40 bits per heavy atom. The van der Waals surface area contributed by atoms with Crippen molar-refractivity contribution in [3.05, 3.63) is 10.4 Å². The van der Waals surface area contributed by atoms with E-state index in [-0.39, 0.29) is 0 Å². The highest BCUT2D eigenvalue weighted by molar-refractivity contribution is 4.63. The van der Waals surface area contributed by atoms with Crippen LogP contribution in [0.25, 0.3) is 10.4 Å². The summed E-state index contributed by atoms with van der Waals surface area (Å²) in [4.78, 5) is 5.21. The molecule has 0 aromatic heterocycles. The molecular weight excluding hydrogens is 188 g/mol. The van der Waals surface area contributed by atoms with Gasteiger partial charge in [0.15, 0.2) is 0 Å². The van der Waals surface area contributed by atoms with Crippen LogP contribution < -0.4 is 0 Å². The Morgan fingerprint density at radius 2 is 1.93 bits per heavy atom. The first-order chi connectivity index (χ1) is 7.28. The van der Waals surface area contributed by atoms with E-state index in [0.29, 0.717) is 6.54 Å². The van der Waals surface area contributed by atoms with Gasteiger partial charge in [-0.1, -0.05) is 38.7 Å². The molecule has 0 rings (SSSR count). The molecule has 0 heterocycles. The molecule has 0 spiro atoms. The molecule has 0 unspecified atom stereocenters. The largest absolute Gasteiger partial charge is 0.303 e. The zero-order chi connectivity index (χ0) is 11.5. The molecule has 0 saturated heterocycles. The highest BCUT2D eigenvalue weighted by Gasteiger charge is 2.08. The molecule has 0 aliphatic heterocycles. The molecule has 4 nitrogen and oxygen atoms in total. The standard InChI is InChI=1S/C11H24N4/c1-4-11(5-2)10-15(6-3)9-7-8-13-14-12/h11H,4-10H2,1-3H3. The highest BCUT2D eigenvalue weighted by atomic mass is 15.1. The van der Waals surface area contributed by atoms with Crippen molar-refractivity contribution in [2.45, 2.75) is 40.0 Å². The normalized spacial score (nSPS) is 10.7. The van der Waals surface area contributed by atoms with Crippen LogP contribution in [-0.2, 0) is 0 Å². The predicted octanol–water partition coefficient (Wildman–Crippen LogP) is 3.44. The van der Waals surface area contributed by atoms with Gasteiger partial charge in [0, 0.05) is 18.0 Å². The van der Waals surface area contributed by atoms with Crippen LogP contribution in [0.1, 0.15) is 40.0 Å². The summed E-state index contributed by atoms with van der Waals surface area (Å²) >= 11 is 0. The maximum absolute atomic E-state index is 8.15. The van der Waals surface area contributed by atoms with E-state index in [2.05, 4.69) is 35.7 Å². The average Bonchev–Trinajstić information content (AvgIpc) is 2.28. The van der Waals surface area contributed by atoms with Crippen molar-refractivity contribution in [1.82, 2.24) is 4.90 Å². The van der Waals surface area contributed by atoms with Gasteiger partial charge >= 0.3 is 0 Å². The summed E-state index contributed by atoms with van der Waals surface area (Å²) in [6.07, 6.45) is 3.48. The third-order valence-electron chi connectivity index (χ3n) is 2.91. The molecule has 0 aliphatic rings. The van der Waals surface area contributed by atoms with Crippen molar-refractivity contribution in [2.24, 2.45) is 11.0 Å². The number of nitrogens with zero attached hydrogens (tertiary/aromatic N) is 4. The van der Waals surface area contributed by atoms with Crippen molar-refractivity contribution in [2.75, 3.05) is 26.2 Å². The zero-order valence-electron chi connectivity index (χ0n) is 10.3. The van der Waals surface area contributed by atoms with Gasteiger partial charge < -0.3 is 4.90 Å². The van der Waals surface area contributed by atoms with Crippen molar-refractivity contribution in [3.8, 4) is 0 Å². The van der Waals surface area contributed by atoms with Crippen LogP contribution in [0.3, 0.4) is 0 Å². The Kier molecular flexibility index (Phi) is 9.33. The quantitative estimate of drug-likeness (QED) is 0.250. The smallest absolute Gasteiger partial charge is 0.0270 e. The summed E-state index contributed by atoms with van der Waals surface area (Å²) in [5.74, 6) is 0.810. The fourth-order valence-electron chi connectivity index (χ4n) is 1.70. The Bertz CT molecular complexity index is 183. The molecule has 0 fully saturated rings. The summed E-state index contributed by atoms with van der Waals surface area (Å²) in [6, 6.07) is 0. The van der Waals surface area contributed by atoms with E-state index >= 15 is 0 Å². The van der Waals surface area contributed by atoms with E-state index in [1.807, 2.05) is 0 Å². The Balaban J connectivity index is 3.75. The lowest BCUT2D eigenvalue weighted by molar-refractivity contribution is 0.232. The minimum atomic E-state index is 0.621. The summed E-state index contributed by atoms with van der Waals surface area (Å²) in [6.45, 7) is 10.6. The fraction of sp³-hybridized carbons (Fsp3) is 1.00.